The van der Waals surface area contributed by atoms with E-state index in [1.165, 1.54) is 106 Å². The number of rotatable bonds is 15. The molecule has 0 unspecified atom stereocenters. The van der Waals surface area contributed by atoms with Gasteiger partial charge in [-0.2, -0.15) is 0 Å². The van der Waals surface area contributed by atoms with Crippen LogP contribution in [0.5, 0.6) is 11.5 Å². The van der Waals surface area contributed by atoms with Gasteiger partial charge in [0.25, 0.3) is 0 Å². The fraction of sp³-hybridized carbons (Fsp3) is 0.491. The number of aryl methyl sites for hydroxylation is 2. The van der Waals surface area contributed by atoms with Crippen molar-refractivity contribution in [3.63, 3.8) is 0 Å². The molecule has 0 bridgehead atoms. The van der Waals surface area contributed by atoms with Crippen molar-refractivity contribution in [2.75, 3.05) is 13.2 Å². The van der Waals surface area contributed by atoms with Gasteiger partial charge in [-0.3, -0.25) is 0 Å². The molecule has 6 rings (SSSR count). The zero-order valence-corrected chi connectivity index (χ0v) is 35.8. The minimum absolute atomic E-state index is 0.538. The first-order valence-corrected chi connectivity index (χ1v) is 22.7. The van der Waals surface area contributed by atoms with Crippen molar-refractivity contribution in [2.45, 2.75) is 149 Å². The number of hydrogen-bond donors (Lipinski definition) is 0. The predicted molar refractivity (Wildman–Crippen MR) is 242 cm³/mol. The molecule has 57 heavy (non-hydrogen) atoms. The standard InChI is InChI=1S/C28H36O.C27H34O/c1-3-5-7-23-10-16-26(17-11-23)27-18-12-24(13-19-27)8-9-25-14-20-28(21-15-25)29-22-6-4-2;1-3-5-21-28-27-19-13-24(14-20-27)8-7-23-11-17-26(18-12-23)25-15-9-22(6-4-2)10-16-25/h10-11,14-17,20-21,24,27H,3-7,12-13,18-19,22H2,1-2H3;9-10,13-16,19-20,23,26H,3-6,11-12,17-18,21H2,1-2H3/t24-,27-;23-,26-. The van der Waals surface area contributed by atoms with Gasteiger partial charge in [0, 0.05) is 23.0 Å². The highest BCUT2D eigenvalue weighted by molar-refractivity contribution is 5.40. The third kappa shape index (κ3) is 15.5. The van der Waals surface area contributed by atoms with Gasteiger partial charge in [-0.15, -0.1) is 0 Å². The lowest BCUT2D eigenvalue weighted by molar-refractivity contribution is 0.309. The van der Waals surface area contributed by atoms with Crippen molar-refractivity contribution in [3.05, 3.63) is 130 Å². The molecule has 302 valence electrons. The summed E-state index contributed by atoms with van der Waals surface area (Å²) in [4.78, 5) is 0. The van der Waals surface area contributed by atoms with Crippen molar-refractivity contribution < 1.29 is 9.47 Å². The zero-order chi connectivity index (χ0) is 39.9. The third-order valence-corrected chi connectivity index (χ3v) is 11.8. The van der Waals surface area contributed by atoms with Crippen LogP contribution in [0.25, 0.3) is 0 Å². The Hall–Kier alpha value is -4.40. The van der Waals surface area contributed by atoms with Gasteiger partial charge in [-0.1, -0.05) is 126 Å². The summed E-state index contributed by atoms with van der Waals surface area (Å²) in [5.41, 5.74) is 8.18. The molecule has 2 saturated carbocycles. The van der Waals surface area contributed by atoms with Crippen LogP contribution in [-0.4, -0.2) is 13.2 Å². The van der Waals surface area contributed by atoms with Crippen molar-refractivity contribution in [3.8, 4) is 35.2 Å². The van der Waals surface area contributed by atoms with E-state index in [1.54, 1.807) is 0 Å². The Morgan fingerprint density at radius 3 is 1.18 bits per heavy atom. The molecular formula is C55H70O2. The van der Waals surface area contributed by atoms with Gasteiger partial charge in [-0.25, -0.2) is 0 Å². The van der Waals surface area contributed by atoms with Crippen LogP contribution in [0.1, 0.15) is 169 Å². The summed E-state index contributed by atoms with van der Waals surface area (Å²) in [6.07, 6.45) is 20.6. The predicted octanol–water partition coefficient (Wildman–Crippen LogP) is 14.7. The molecule has 2 aliphatic rings. The van der Waals surface area contributed by atoms with Gasteiger partial charge in [-0.05, 0) is 166 Å². The molecule has 2 heteroatoms. The van der Waals surface area contributed by atoms with Crippen LogP contribution in [0.4, 0.5) is 0 Å². The van der Waals surface area contributed by atoms with Gasteiger partial charge in [0.1, 0.15) is 11.5 Å². The lowest BCUT2D eigenvalue weighted by Gasteiger charge is -2.26. The molecule has 2 fully saturated rings. The van der Waals surface area contributed by atoms with Crippen molar-refractivity contribution in [2.24, 2.45) is 11.8 Å². The van der Waals surface area contributed by atoms with Crippen LogP contribution in [0.2, 0.25) is 0 Å². The summed E-state index contributed by atoms with van der Waals surface area (Å²) in [7, 11) is 0. The fourth-order valence-electron chi connectivity index (χ4n) is 8.03. The van der Waals surface area contributed by atoms with E-state index in [0.29, 0.717) is 23.7 Å². The Kier molecular flexibility index (Phi) is 19.2. The monoisotopic (exact) mass is 763 g/mol. The molecule has 2 aliphatic carbocycles. The maximum absolute atomic E-state index is 5.73. The first-order chi connectivity index (χ1) is 28.1. The number of unbranched alkanes of at least 4 members (excludes halogenated alkanes) is 3. The van der Waals surface area contributed by atoms with Crippen LogP contribution in [0.15, 0.2) is 97.1 Å². The van der Waals surface area contributed by atoms with Gasteiger partial charge < -0.3 is 9.47 Å². The van der Waals surface area contributed by atoms with Crippen LogP contribution in [0, 0.1) is 35.5 Å². The second kappa shape index (κ2) is 25.1. The molecule has 0 aromatic heterocycles. The summed E-state index contributed by atoms with van der Waals surface area (Å²) in [5.74, 6) is 18.2. The van der Waals surface area contributed by atoms with Crippen molar-refractivity contribution >= 4 is 0 Å². The second-order valence-electron chi connectivity index (χ2n) is 16.4. The maximum atomic E-state index is 5.73. The number of hydrogen-bond acceptors (Lipinski definition) is 2. The number of ether oxygens (including phenoxy) is 2. The molecule has 0 heterocycles. The molecule has 0 saturated heterocycles. The van der Waals surface area contributed by atoms with Gasteiger partial charge in [0.2, 0.25) is 0 Å². The van der Waals surface area contributed by atoms with Crippen LogP contribution < -0.4 is 9.47 Å². The van der Waals surface area contributed by atoms with E-state index >= 15 is 0 Å². The largest absolute Gasteiger partial charge is 0.494 e. The molecule has 2 nitrogen and oxygen atoms in total. The second-order valence-corrected chi connectivity index (χ2v) is 16.4. The summed E-state index contributed by atoms with van der Waals surface area (Å²) >= 11 is 0. The topological polar surface area (TPSA) is 18.5 Å². The lowest BCUT2D eigenvalue weighted by atomic mass is 9.78. The van der Waals surface area contributed by atoms with Crippen LogP contribution in [-0.2, 0) is 12.8 Å². The van der Waals surface area contributed by atoms with Crippen molar-refractivity contribution in [1.82, 2.24) is 0 Å². The van der Waals surface area contributed by atoms with Gasteiger partial charge in [0.15, 0.2) is 0 Å². The summed E-state index contributed by atoms with van der Waals surface area (Å²) in [6.45, 7) is 10.5. The van der Waals surface area contributed by atoms with Crippen LogP contribution in [0.3, 0.4) is 0 Å². The van der Waals surface area contributed by atoms with Crippen LogP contribution >= 0.6 is 0 Å². The summed E-state index contributed by atoms with van der Waals surface area (Å²) < 4.78 is 11.5. The Balaban J connectivity index is 0.000000218. The minimum atomic E-state index is 0.538. The molecule has 0 N–H and O–H groups in total. The van der Waals surface area contributed by atoms with E-state index in [4.69, 9.17) is 9.47 Å². The molecular weight excluding hydrogens is 693 g/mol. The van der Waals surface area contributed by atoms with E-state index < -0.39 is 0 Å². The third-order valence-electron chi connectivity index (χ3n) is 11.8. The Morgan fingerprint density at radius 2 is 0.807 bits per heavy atom. The Bertz CT molecular complexity index is 1800. The summed E-state index contributed by atoms with van der Waals surface area (Å²) in [6, 6.07) is 35.3. The average Bonchev–Trinajstić information content (AvgIpc) is 3.26. The molecule has 0 aliphatic heterocycles. The van der Waals surface area contributed by atoms with E-state index in [2.05, 4.69) is 124 Å². The first kappa shape index (κ1) is 43.7. The van der Waals surface area contributed by atoms with Gasteiger partial charge in [0.05, 0.1) is 13.2 Å². The normalized spacial score (nSPS) is 18.8. The SMILES string of the molecule is CCCCOc1ccc(C#C[C@H]2CC[C@H](c3ccc(CCC)cc3)CC2)cc1.CCCCOc1ccc(C#C[C@H]2CC[C@H](c3ccc(CCCC)cc3)CC2)cc1. The van der Waals surface area contributed by atoms with E-state index in [-0.39, 0.29) is 0 Å². The highest BCUT2D eigenvalue weighted by Crippen LogP contribution is 2.37. The zero-order valence-electron chi connectivity index (χ0n) is 35.8. The highest BCUT2D eigenvalue weighted by atomic mass is 16.5. The molecule has 0 radical (unpaired) electrons. The first-order valence-electron chi connectivity index (χ1n) is 22.7. The molecule has 0 atom stereocenters. The Morgan fingerprint density at radius 1 is 0.421 bits per heavy atom. The summed E-state index contributed by atoms with van der Waals surface area (Å²) in [5, 5.41) is 0. The molecule has 4 aromatic carbocycles. The lowest BCUT2D eigenvalue weighted by Crippen LogP contribution is -2.12. The molecule has 0 spiro atoms. The molecule has 4 aromatic rings. The van der Waals surface area contributed by atoms with E-state index in [9.17, 15) is 0 Å². The van der Waals surface area contributed by atoms with Crippen molar-refractivity contribution in [1.29, 1.82) is 0 Å². The maximum Gasteiger partial charge on any atom is 0.119 e. The van der Waals surface area contributed by atoms with Gasteiger partial charge >= 0.3 is 0 Å². The average molecular weight is 763 g/mol. The minimum Gasteiger partial charge on any atom is -0.494 e. The Labute approximate surface area is 347 Å². The fourth-order valence-corrected chi connectivity index (χ4v) is 8.03. The van der Waals surface area contributed by atoms with E-state index in [0.717, 1.165) is 61.5 Å². The smallest absolute Gasteiger partial charge is 0.119 e. The number of benzene rings is 4. The quantitative estimate of drug-likeness (QED) is 0.0887. The highest BCUT2D eigenvalue weighted by Gasteiger charge is 2.22. The molecule has 0 amide bonds. The van der Waals surface area contributed by atoms with E-state index in [1.807, 2.05) is 24.3 Å².